The number of carbonyl (C=O) groups excluding carboxylic acids is 1. The molecule has 0 aromatic heterocycles. The molecule has 4 heteroatoms. The minimum atomic E-state index is -0.799. The molecule has 4 nitrogen and oxygen atoms in total. The fraction of sp³-hybridized carbons (Fsp3) is 0.435. The van der Waals surface area contributed by atoms with Crippen LogP contribution in [0.4, 0.5) is 5.69 Å². The quantitative estimate of drug-likeness (QED) is 0.684. The molecule has 0 fully saturated rings. The van der Waals surface area contributed by atoms with E-state index in [9.17, 15) is 15.0 Å². The number of hydrogen-bond donors (Lipinski definition) is 3. The highest BCUT2D eigenvalue weighted by Crippen LogP contribution is 2.36. The number of aliphatic hydroxyl groups excluding tert-OH is 1. The molecule has 27 heavy (non-hydrogen) atoms. The van der Waals surface area contributed by atoms with E-state index in [1.54, 1.807) is 12.1 Å². The van der Waals surface area contributed by atoms with Crippen LogP contribution in [0.25, 0.3) is 0 Å². The van der Waals surface area contributed by atoms with Crippen molar-refractivity contribution in [2.75, 3.05) is 5.32 Å². The Labute approximate surface area is 162 Å². The smallest absolute Gasteiger partial charge is 0.224 e. The van der Waals surface area contributed by atoms with Crippen LogP contribution in [0.3, 0.4) is 0 Å². The van der Waals surface area contributed by atoms with E-state index in [1.165, 1.54) is 0 Å². The second-order valence-electron chi connectivity index (χ2n) is 8.25. The molecule has 0 radical (unpaired) electrons. The number of amides is 1. The van der Waals surface area contributed by atoms with Gasteiger partial charge in [0.05, 0.1) is 0 Å². The van der Waals surface area contributed by atoms with Crippen molar-refractivity contribution in [1.29, 1.82) is 0 Å². The number of carbonyl (C=O) groups is 1. The molecule has 0 heterocycles. The lowest BCUT2D eigenvalue weighted by Gasteiger charge is -2.24. The van der Waals surface area contributed by atoms with Crippen molar-refractivity contribution in [2.24, 2.45) is 0 Å². The summed E-state index contributed by atoms with van der Waals surface area (Å²) in [5, 5.41) is 24.1. The molecule has 1 amide bonds. The van der Waals surface area contributed by atoms with Gasteiger partial charge >= 0.3 is 0 Å². The Kier molecular flexibility index (Phi) is 6.32. The topological polar surface area (TPSA) is 69.6 Å². The average molecular weight is 370 g/mol. The predicted molar refractivity (Wildman–Crippen MR) is 110 cm³/mol. The number of phenolic OH excluding ortho intramolecular Hbond substituents is 1. The van der Waals surface area contributed by atoms with Crippen LogP contribution in [-0.4, -0.2) is 16.1 Å². The van der Waals surface area contributed by atoms with E-state index in [4.69, 9.17) is 0 Å². The number of aryl methyl sites for hydroxylation is 2. The highest BCUT2D eigenvalue weighted by Gasteiger charge is 2.22. The molecule has 0 saturated heterocycles. The minimum absolute atomic E-state index is 0.00190. The Morgan fingerprint density at radius 2 is 1.70 bits per heavy atom. The third kappa shape index (κ3) is 4.89. The number of nitrogens with one attached hydrogen (secondary N) is 1. The van der Waals surface area contributed by atoms with Gasteiger partial charge in [-0.25, -0.2) is 0 Å². The van der Waals surface area contributed by atoms with Gasteiger partial charge in [0.1, 0.15) is 11.9 Å². The molecule has 2 aromatic carbocycles. The molecular formula is C23H31NO3. The monoisotopic (exact) mass is 369 g/mol. The van der Waals surface area contributed by atoms with Crippen molar-refractivity contribution in [3.8, 4) is 5.75 Å². The normalized spacial score (nSPS) is 12.7. The van der Waals surface area contributed by atoms with Crippen LogP contribution in [0.15, 0.2) is 30.3 Å². The number of benzene rings is 2. The number of rotatable bonds is 5. The van der Waals surface area contributed by atoms with Crippen LogP contribution >= 0.6 is 0 Å². The molecule has 0 spiro atoms. The van der Waals surface area contributed by atoms with Gasteiger partial charge in [-0.3, -0.25) is 4.79 Å². The summed E-state index contributed by atoms with van der Waals surface area (Å²) in [7, 11) is 0. The molecule has 2 rings (SSSR count). The summed E-state index contributed by atoms with van der Waals surface area (Å²) in [6, 6.07) is 9.05. The van der Waals surface area contributed by atoms with Gasteiger partial charge in [-0.1, -0.05) is 33.8 Å². The molecule has 2 aromatic rings. The lowest BCUT2D eigenvalue weighted by atomic mass is 9.83. The summed E-state index contributed by atoms with van der Waals surface area (Å²) in [6.45, 7) is 11.9. The maximum absolute atomic E-state index is 11.9. The number of aliphatic hydroxyl groups is 1. The molecule has 0 aliphatic heterocycles. The van der Waals surface area contributed by atoms with E-state index in [0.717, 1.165) is 39.9 Å². The van der Waals surface area contributed by atoms with E-state index in [0.29, 0.717) is 6.42 Å². The molecule has 0 aliphatic carbocycles. The Balaban J connectivity index is 2.39. The van der Waals surface area contributed by atoms with Gasteiger partial charge in [-0.2, -0.15) is 0 Å². The maximum atomic E-state index is 11.9. The van der Waals surface area contributed by atoms with Crippen molar-refractivity contribution in [3.63, 3.8) is 0 Å². The zero-order chi connectivity index (χ0) is 20.4. The number of hydrogen-bond acceptors (Lipinski definition) is 3. The highest BCUT2D eigenvalue weighted by atomic mass is 16.3. The van der Waals surface area contributed by atoms with Gasteiger partial charge in [0.15, 0.2) is 0 Å². The van der Waals surface area contributed by atoms with Crippen LogP contribution in [-0.2, 0) is 10.2 Å². The molecule has 0 bridgehead atoms. The fourth-order valence-corrected chi connectivity index (χ4v) is 3.42. The zero-order valence-corrected chi connectivity index (χ0v) is 17.2. The molecule has 0 aliphatic rings. The highest BCUT2D eigenvalue weighted by molar-refractivity contribution is 5.90. The standard InChI is InChI=1S/C23H31NO3/c1-7-8-20(26)24-17-11-14(2)21(15(3)12-17)22(27)16-9-10-19(25)18(13-16)23(4,5)6/h9-13,22,25,27H,7-8H2,1-6H3,(H,24,26). The van der Waals surface area contributed by atoms with Crippen molar-refractivity contribution in [3.05, 3.63) is 58.1 Å². The van der Waals surface area contributed by atoms with Crippen LogP contribution in [0.1, 0.15) is 74.5 Å². The SMILES string of the molecule is CCCC(=O)Nc1cc(C)c(C(O)c2ccc(O)c(C(C)(C)C)c2)c(C)c1. The van der Waals surface area contributed by atoms with E-state index in [-0.39, 0.29) is 17.1 Å². The summed E-state index contributed by atoms with van der Waals surface area (Å²) in [5.41, 5.74) is 4.73. The lowest BCUT2D eigenvalue weighted by molar-refractivity contribution is -0.116. The van der Waals surface area contributed by atoms with Crippen LogP contribution < -0.4 is 5.32 Å². The molecule has 1 unspecified atom stereocenters. The third-order valence-electron chi connectivity index (χ3n) is 4.77. The van der Waals surface area contributed by atoms with Gasteiger partial charge in [-0.15, -0.1) is 0 Å². The second kappa shape index (κ2) is 8.13. The first-order valence-corrected chi connectivity index (χ1v) is 9.47. The summed E-state index contributed by atoms with van der Waals surface area (Å²) in [4.78, 5) is 11.9. The fourth-order valence-electron chi connectivity index (χ4n) is 3.42. The first-order valence-electron chi connectivity index (χ1n) is 9.47. The van der Waals surface area contributed by atoms with Gasteiger partial charge < -0.3 is 15.5 Å². The summed E-state index contributed by atoms with van der Waals surface area (Å²) < 4.78 is 0. The summed E-state index contributed by atoms with van der Waals surface area (Å²) in [6.07, 6.45) is 0.496. The maximum Gasteiger partial charge on any atom is 0.224 e. The number of anilines is 1. The third-order valence-corrected chi connectivity index (χ3v) is 4.77. The van der Waals surface area contributed by atoms with Gasteiger partial charge in [0.25, 0.3) is 0 Å². The van der Waals surface area contributed by atoms with Crippen molar-refractivity contribution in [2.45, 2.75) is 65.9 Å². The summed E-state index contributed by atoms with van der Waals surface area (Å²) in [5.74, 6) is 0.235. The van der Waals surface area contributed by atoms with Gasteiger partial charge in [0.2, 0.25) is 5.91 Å². The molecular weight excluding hydrogens is 338 g/mol. The van der Waals surface area contributed by atoms with Crippen LogP contribution in [0.5, 0.6) is 5.75 Å². The Hall–Kier alpha value is -2.33. The van der Waals surface area contributed by atoms with Gasteiger partial charge in [0, 0.05) is 12.1 Å². The molecule has 1 atom stereocenters. The first-order chi connectivity index (χ1) is 12.5. The van der Waals surface area contributed by atoms with Crippen LogP contribution in [0.2, 0.25) is 0 Å². The van der Waals surface area contributed by atoms with E-state index in [1.807, 2.05) is 59.7 Å². The second-order valence-corrected chi connectivity index (χ2v) is 8.25. The Morgan fingerprint density at radius 1 is 1.11 bits per heavy atom. The molecule has 0 saturated carbocycles. The largest absolute Gasteiger partial charge is 0.508 e. The first kappa shape index (κ1) is 21.0. The van der Waals surface area contributed by atoms with Crippen molar-refractivity contribution < 1.29 is 15.0 Å². The van der Waals surface area contributed by atoms with Gasteiger partial charge in [-0.05, 0) is 77.8 Å². The number of phenols is 1. The minimum Gasteiger partial charge on any atom is -0.508 e. The molecule has 146 valence electrons. The average Bonchev–Trinajstić information content (AvgIpc) is 2.53. The van der Waals surface area contributed by atoms with Crippen LogP contribution in [0, 0.1) is 13.8 Å². The molecule has 3 N–H and O–H groups in total. The predicted octanol–water partition coefficient (Wildman–Crippen LogP) is 5.13. The summed E-state index contributed by atoms with van der Waals surface area (Å²) >= 11 is 0. The van der Waals surface area contributed by atoms with E-state index < -0.39 is 6.10 Å². The van der Waals surface area contributed by atoms with Crippen molar-refractivity contribution in [1.82, 2.24) is 0 Å². The van der Waals surface area contributed by atoms with E-state index >= 15 is 0 Å². The van der Waals surface area contributed by atoms with E-state index in [2.05, 4.69) is 5.32 Å². The Morgan fingerprint density at radius 3 is 2.22 bits per heavy atom. The van der Waals surface area contributed by atoms with Crippen molar-refractivity contribution >= 4 is 11.6 Å². The lowest BCUT2D eigenvalue weighted by Crippen LogP contribution is -2.14. The zero-order valence-electron chi connectivity index (χ0n) is 17.2. The number of aromatic hydroxyl groups is 1. The Bertz CT molecular complexity index is 811.